The van der Waals surface area contributed by atoms with E-state index in [0.29, 0.717) is 17.1 Å². The van der Waals surface area contributed by atoms with Crippen LogP contribution in [0.5, 0.6) is 0 Å². The van der Waals surface area contributed by atoms with Crippen LogP contribution in [-0.2, 0) is 17.6 Å². The minimum absolute atomic E-state index is 0.0413. The van der Waals surface area contributed by atoms with Gasteiger partial charge < -0.3 is 0 Å². The number of pyridine rings is 1. The molecule has 1 heterocycles. The van der Waals surface area contributed by atoms with Gasteiger partial charge in [0, 0.05) is 11.1 Å². The van der Waals surface area contributed by atoms with Crippen LogP contribution in [0, 0.1) is 41.4 Å². The Hall–Kier alpha value is -1.34. The molecule has 5 aliphatic carbocycles. The van der Waals surface area contributed by atoms with E-state index in [0.717, 1.165) is 72.6 Å². The highest BCUT2D eigenvalue weighted by Gasteiger charge is 2.54. The Morgan fingerprint density at radius 2 is 1.85 bits per heavy atom. The summed E-state index contributed by atoms with van der Waals surface area (Å²) in [7, 11) is 0. The molecule has 0 spiro atoms. The molecule has 0 saturated heterocycles. The monoisotopic (exact) mass is 366 g/mol. The lowest BCUT2D eigenvalue weighted by Crippen LogP contribution is -2.50. The maximum absolute atomic E-state index is 13.3. The zero-order chi connectivity index (χ0) is 17.9. The molecule has 4 saturated carbocycles. The Kier molecular flexibility index (Phi) is 3.94. The number of hydrogen-bond acceptors (Lipinski definition) is 4. The van der Waals surface area contributed by atoms with Crippen LogP contribution in [0.3, 0.4) is 0 Å². The van der Waals surface area contributed by atoms with Crippen molar-refractivity contribution in [1.82, 2.24) is 4.98 Å². The van der Waals surface area contributed by atoms with Crippen molar-refractivity contribution >= 4 is 17.5 Å². The van der Waals surface area contributed by atoms with E-state index in [1.54, 1.807) is 0 Å². The van der Waals surface area contributed by atoms with Crippen molar-refractivity contribution in [3.8, 4) is 6.07 Å². The maximum Gasteiger partial charge on any atom is 0.149 e. The summed E-state index contributed by atoms with van der Waals surface area (Å²) in [6.07, 6.45) is 10.7. The van der Waals surface area contributed by atoms with E-state index in [2.05, 4.69) is 13.0 Å². The second-order valence-electron chi connectivity index (χ2n) is 9.22. The Labute approximate surface area is 160 Å². The number of aryl methyl sites for hydroxylation is 1. The fourth-order valence-electron chi connectivity index (χ4n) is 6.72. The molecule has 0 aromatic carbocycles. The molecule has 5 aliphatic rings. The third-order valence-corrected chi connectivity index (χ3v) is 8.52. The maximum atomic E-state index is 13.3. The van der Waals surface area contributed by atoms with Crippen molar-refractivity contribution < 1.29 is 4.79 Å². The van der Waals surface area contributed by atoms with Crippen molar-refractivity contribution in [3.05, 3.63) is 22.4 Å². The van der Waals surface area contributed by atoms with Crippen LogP contribution in [0.2, 0.25) is 0 Å². The fourth-order valence-corrected chi connectivity index (χ4v) is 7.81. The highest BCUT2D eigenvalue weighted by Crippen LogP contribution is 2.60. The van der Waals surface area contributed by atoms with Crippen LogP contribution < -0.4 is 0 Å². The zero-order valence-electron chi connectivity index (χ0n) is 15.5. The fraction of sp³-hybridized carbons (Fsp3) is 0.682. The first kappa shape index (κ1) is 16.8. The number of nitriles is 1. The summed E-state index contributed by atoms with van der Waals surface area (Å²) >= 11 is 1.53. The van der Waals surface area contributed by atoms with Crippen LogP contribution >= 0.6 is 11.8 Å². The van der Waals surface area contributed by atoms with Gasteiger partial charge in [-0.15, -0.1) is 0 Å². The highest BCUT2D eigenvalue weighted by atomic mass is 32.2. The number of carbonyl (C=O) groups excluding carboxylic acids is 1. The van der Waals surface area contributed by atoms with Crippen LogP contribution in [0.25, 0.3) is 0 Å². The van der Waals surface area contributed by atoms with E-state index in [1.807, 2.05) is 0 Å². The van der Waals surface area contributed by atoms with Crippen LogP contribution in [0.1, 0.15) is 67.3 Å². The van der Waals surface area contributed by atoms with Crippen molar-refractivity contribution in [1.29, 1.82) is 5.26 Å². The molecule has 1 aromatic heterocycles. The number of thioether (sulfide) groups is 1. The summed E-state index contributed by atoms with van der Waals surface area (Å²) in [6, 6.07) is 2.36. The summed E-state index contributed by atoms with van der Waals surface area (Å²) in [4.78, 5) is 18.0. The van der Waals surface area contributed by atoms with E-state index >= 15 is 0 Å². The van der Waals surface area contributed by atoms with Crippen molar-refractivity contribution in [2.45, 2.75) is 69.7 Å². The lowest BCUT2D eigenvalue weighted by Gasteiger charge is -2.56. The van der Waals surface area contributed by atoms with Gasteiger partial charge >= 0.3 is 0 Å². The van der Waals surface area contributed by atoms with Crippen LogP contribution in [0.15, 0.2) is 5.03 Å². The molecule has 0 atom stereocenters. The predicted molar refractivity (Wildman–Crippen MR) is 102 cm³/mol. The van der Waals surface area contributed by atoms with E-state index in [9.17, 15) is 10.1 Å². The second kappa shape index (κ2) is 6.09. The minimum Gasteiger partial charge on any atom is -0.298 e. The van der Waals surface area contributed by atoms with E-state index in [1.165, 1.54) is 36.6 Å². The average Bonchev–Trinajstić information content (AvgIpc) is 3.07. The number of carbonyl (C=O) groups is 1. The van der Waals surface area contributed by atoms with Gasteiger partial charge in [-0.05, 0) is 93.6 Å². The molecule has 4 heteroatoms. The third kappa shape index (κ3) is 2.54. The highest BCUT2D eigenvalue weighted by molar-refractivity contribution is 8.00. The van der Waals surface area contributed by atoms with Crippen LogP contribution in [-0.4, -0.2) is 16.5 Å². The second-order valence-corrected chi connectivity index (χ2v) is 10.2. The van der Waals surface area contributed by atoms with Crippen LogP contribution in [0.4, 0.5) is 0 Å². The molecule has 0 amide bonds. The summed E-state index contributed by atoms with van der Waals surface area (Å²) in [5.41, 5.74) is 4.19. The molecule has 136 valence electrons. The topological polar surface area (TPSA) is 53.8 Å². The number of fused-ring (bicyclic) bond motifs is 1. The number of ketones is 1. The molecule has 0 unspecified atom stereocenters. The van der Waals surface area contributed by atoms with Gasteiger partial charge in [-0.25, -0.2) is 4.98 Å². The standard InChI is InChI=1S/C22H26N2OS/c1-13-17-3-2-4-19(17)24-21(18(13)11-23)26-12-20(25)22-8-14-5-15(9-22)7-16(6-14)10-22/h14-16H,2-10,12H2,1H3. The number of hydrogen-bond donors (Lipinski definition) is 0. The molecule has 0 N–H and O–H groups in total. The predicted octanol–water partition coefficient (Wildman–Crippen LogP) is 4.63. The molecular weight excluding hydrogens is 340 g/mol. The first-order valence-electron chi connectivity index (χ1n) is 10.2. The van der Waals surface area contributed by atoms with Gasteiger partial charge in [0.15, 0.2) is 0 Å². The molecule has 0 aliphatic heterocycles. The molecule has 3 nitrogen and oxygen atoms in total. The molecular formula is C22H26N2OS. The van der Waals surface area contributed by atoms with Crippen molar-refractivity contribution in [3.63, 3.8) is 0 Å². The average molecular weight is 367 g/mol. The minimum atomic E-state index is -0.0413. The van der Waals surface area contributed by atoms with E-state index in [4.69, 9.17) is 4.98 Å². The number of aromatic nitrogens is 1. The van der Waals surface area contributed by atoms with Gasteiger partial charge in [0.25, 0.3) is 0 Å². The summed E-state index contributed by atoms with van der Waals surface area (Å²) in [5.74, 6) is 3.32. The smallest absolute Gasteiger partial charge is 0.149 e. The molecule has 1 aromatic rings. The number of rotatable bonds is 4. The SMILES string of the molecule is Cc1c(C#N)c(SCC(=O)C23CC4CC(CC(C4)C2)C3)nc2c1CCC2. The lowest BCUT2D eigenvalue weighted by molar-refractivity contribution is -0.141. The first-order chi connectivity index (χ1) is 12.6. The number of nitrogens with zero attached hydrogens (tertiary/aromatic N) is 2. The quantitative estimate of drug-likeness (QED) is 0.729. The van der Waals surface area contributed by atoms with Crippen molar-refractivity contribution in [2.75, 3.05) is 5.75 Å². The summed E-state index contributed by atoms with van der Waals surface area (Å²) in [5, 5.41) is 10.4. The van der Waals surface area contributed by atoms with Gasteiger partial charge in [0.2, 0.25) is 0 Å². The Morgan fingerprint density at radius 3 is 2.46 bits per heavy atom. The Morgan fingerprint density at radius 1 is 1.19 bits per heavy atom. The lowest BCUT2D eigenvalue weighted by atomic mass is 9.48. The molecule has 4 bridgehead atoms. The Balaban J connectivity index is 1.36. The van der Waals surface area contributed by atoms with Gasteiger partial charge in [0.1, 0.15) is 16.9 Å². The third-order valence-electron chi connectivity index (χ3n) is 7.55. The Bertz CT molecular complexity index is 787. The first-order valence-corrected chi connectivity index (χ1v) is 11.1. The largest absolute Gasteiger partial charge is 0.298 e. The molecule has 6 rings (SSSR count). The van der Waals surface area contributed by atoms with Gasteiger partial charge in [-0.2, -0.15) is 5.26 Å². The van der Waals surface area contributed by atoms with Crippen molar-refractivity contribution in [2.24, 2.45) is 23.2 Å². The summed E-state index contributed by atoms with van der Waals surface area (Å²) in [6.45, 7) is 2.05. The van der Waals surface area contributed by atoms with Gasteiger partial charge in [0.05, 0.1) is 11.3 Å². The summed E-state index contributed by atoms with van der Waals surface area (Å²) < 4.78 is 0. The van der Waals surface area contributed by atoms with Gasteiger partial charge in [-0.3, -0.25) is 4.79 Å². The molecule has 26 heavy (non-hydrogen) atoms. The zero-order valence-corrected chi connectivity index (χ0v) is 16.3. The van der Waals surface area contributed by atoms with E-state index in [-0.39, 0.29) is 5.41 Å². The van der Waals surface area contributed by atoms with Gasteiger partial charge in [-0.1, -0.05) is 11.8 Å². The molecule has 4 fully saturated rings. The normalized spacial score (nSPS) is 33.9. The van der Waals surface area contributed by atoms with E-state index < -0.39 is 0 Å². The number of Topliss-reactive ketones (excluding diaryl/α,β-unsaturated/α-hetero) is 1. The molecule has 0 radical (unpaired) electrons.